The minimum Gasteiger partial charge on any atom is -0.479 e. The Bertz CT molecular complexity index is 1310. The molecule has 0 radical (unpaired) electrons. The first-order valence-electron chi connectivity index (χ1n) is 8.86. The molecule has 2 aromatic carbocycles. The molecule has 4 heteroatoms. The molecule has 1 atom stereocenters. The van der Waals surface area contributed by atoms with E-state index in [9.17, 15) is 0 Å². The number of hydrogen-bond acceptors (Lipinski definition) is 4. The second-order valence-corrected chi connectivity index (χ2v) is 7.63. The van der Waals surface area contributed by atoms with E-state index in [-0.39, 0.29) is 6.10 Å². The van der Waals surface area contributed by atoms with Crippen LogP contribution in [0, 0.1) is 0 Å². The molecule has 1 unspecified atom stereocenters. The number of aromatic nitrogens is 2. The highest BCUT2D eigenvalue weighted by Gasteiger charge is 2.31. The van der Waals surface area contributed by atoms with Crippen molar-refractivity contribution in [2.75, 3.05) is 0 Å². The lowest BCUT2D eigenvalue weighted by atomic mass is 9.92. The fourth-order valence-corrected chi connectivity index (χ4v) is 4.63. The van der Waals surface area contributed by atoms with Gasteiger partial charge in [-0.15, -0.1) is 11.3 Å². The van der Waals surface area contributed by atoms with E-state index in [0.717, 1.165) is 39.0 Å². The largest absolute Gasteiger partial charge is 0.479 e. The Kier molecular flexibility index (Phi) is 3.10. The smallest absolute Gasteiger partial charge is 0.160 e. The fourth-order valence-electron chi connectivity index (χ4n) is 3.86. The molecule has 0 spiro atoms. The van der Waals surface area contributed by atoms with Gasteiger partial charge in [0.05, 0.1) is 11.3 Å². The van der Waals surface area contributed by atoms with Crippen LogP contribution in [0.2, 0.25) is 0 Å². The van der Waals surface area contributed by atoms with Crippen molar-refractivity contribution < 1.29 is 4.74 Å². The molecule has 6 rings (SSSR count). The number of hydrogen-bond donors (Lipinski definition) is 0. The zero-order valence-corrected chi connectivity index (χ0v) is 15.1. The summed E-state index contributed by atoms with van der Waals surface area (Å²) in [6.07, 6.45) is 1.65. The SMILES string of the molecule is c1csc(C2Oc3ccc4ccccc4c3-c3nc4ncccc4cc32)c1. The van der Waals surface area contributed by atoms with Gasteiger partial charge in [0.15, 0.2) is 11.8 Å². The lowest BCUT2D eigenvalue weighted by molar-refractivity contribution is 0.247. The van der Waals surface area contributed by atoms with Crippen LogP contribution in [-0.4, -0.2) is 9.97 Å². The van der Waals surface area contributed by atoms with Gasteiger partial charge < -0.3 is 4.74 Å². The molecule has 4 heterocycles. The molecule has 27 heavy (non-hydrogen) atoms. The van der Waals surface area contributed by atoms with E-state index in [4.69, 9.17) is 9.72 Å². The van der Waals surface area contributed by atoms with Crippen molar-refractivity contribution in [2.45, 2.75) is 6.10 Å². The predicted octanol–water partition coefficient (Wildman–Crippen LogP) is 5.99. The van der Waals surface area contributed by atoms with Crippen molar-refractivity contribution in [3.8, 4) is 17.0 Å². The minimum atomic E-state index is -0.147. The minimum absolute atomic E-state index is 0.147. The summed E-state index contributed by atoms with van der Waals surface area (Å²) in [7, 11) is 0. The number of benzene rings is 2. The first-order valence-corrected chi connectivity index (χ1v) is 9.74. The van der Waals surface area contributed by atoms with Gasteiger partial charge in [-0.3, -0.25) is 0 Å². The van der Waals surface area contributed by atoms with Crippen LogP contribution >= 0.6 is 11.3 Å². The topological polar surface area (TPSA) is 35.0 Å². The molecular formula is C23H14N2OS. The Balaban J connectivity index is 1.73. The zero-order valence-electron chi connectivity index (χ0n) is 14.3. The summed E-state index contributed by atoms with van der Waals surface area (Å²) in [6, 6.07) is 22.9. The summed E-state index contributed by atoms with van der Waals surface area (Å²) in [5.41, 5.74) is 3.89. The number of ether oxygens (including phenoxy) is 1. The summed E-state index contributed by atoms with van der Waals surface area (Å²) < 4.78 is 6.51. The molecule has 0 saturated carbocycles. The van der Waals surface area contributed by atoms with E-state index in [1.807, 2.05) is 6.07 Å². The van der Waals surface area contributed by atoms with Gasteiger partial charge in [0.2, 0.25) is 0 Å². The maximum absolute atomic E-state index is 6.51. The highest BCUT2D eigenvalue weighted by Crippen LogP contribution is 2.48. The van der Waals surface area contributed by atoms with E-state index in [0.29, 0.717) is 0 Å². The quantitative estimate of drug-likeness (QED) is 0.365. The lowest BCUT2D eigenvalue weighted by Crippen LogP contribution is -2.16. The molecule has 0 amide bonds. The average molecular weight is 366 g/mol. The Morgan fingerprint density at radius 3 is 2.74 bits per heavy atom. The van der Waals surface area contributed by atoms with Crippen LogP contribution in [0.25, 0.3) is 33.1 Å². The molecule has 5 aromatic rings. The number of pyridine rings is 2. The van der Waals surface area contributed by atoms with Crippen molar-refractivity contribution in [1.29, 1.82) is 0 Å². The summed E-state index contributed by atoms with van der Waals surface area (Å²) in [6.45, 7) is 0. The molecule has 0 aliphatic carbocycles. The van der Waals surface area contributed by atoms with Gasteiger partial charge in [0.25, 0.3) is 0 Å². The second kappa shape index (κ2) is 5.63. The summed E-state index contributed by atoms with van der Waals surface area (Å²) in [5.74, 6) is 0.877. The van der Waals surface area contributed by atoms with Crippen molar-refractivity contribution in [2.24, 2.45) is 0 Å². The van der Waals surface area contributed by atoms with Gasteiger partial charge in [-0.1, -0.05) is 36.4 Å². The number of fused-ring (bicyclic) bond motifs is 6. The van der Waals surface area contributed by atoms with E-state index >= 15 is 0 Å². The number of rotatable bonds is 1. The molecule has 0 fully saturated rings. The molecule has 0 N–H and O–H groups in total. The monoisotopic (exact) mass is 366 g/mol. The Morgan fingerprint density at radius 2 is 1.81 bits per heavy atom. The van der Waals surface area contributed by atoms with Crippen molar-refractivity contribution in [3.05, 3.63) is 88.7 Å². The van der Waals surface area contributed by atoms with E-state index < -0.39 is 0 Å². The normalized spacial score (nSPS) is 15.3. The summed E-state index contributed by atoms with van der Waals surface area (Å²) in [5, 5.41) is 5.46. The van der Waals surface area contributed by atoms with Gasteiger partial charge in [-0.2, -0.15) is 0 Å². The molecule has 3 aromatic heterocycles. The van der Waals surface area contributed by atoms with Gasteiger partial charge in [-0.05, 0) is 46.5 Å². The first kappa shape index (κ1) is 14.9. The van der Waals surface area contributed by atoms with Crippen molar-refractivity contribution >= 4 is 33.1 Å². The summed E-state index contributed by atoms with van der Waals surface area (Å²) in [4.78, 5) is 10.6. The van der Waals surface area contributed by atoms with Gasteiger partial charge in [0, 0.05) is 22.0 Å². The van der Waals surface area contributed by atoms with Crippen LogP contribution in [0.4, 0.5) is 0 Å². The average Bonchev–Trinajstić information content (AvgIpc) is 3.26. The highest BCUT2D eigenvalue weighted by atomic mass is 32.1. The van der Waals surface area contributed by atoms with E-state index in [1.165, 1.54) is 10.3 Å². The Morgan fingerprint density at radius 1 is 0.889 bits per heavy atom. The van der Waals surface area contributed by atoms with Gasteiger partial charge in [-0.25, -0.2) is 9.97 Å². The van der Waals surface area contributed by atoms with Crippen LogP contribution < -0.4 is 4.74 Å². The van der Waals surface area contributed by atoms with Crippen LogP contribution in [0.15, 0.2) is 78.3 Å². The molecule has 1 aliphatic rings. The molecule has 128 valence electrons. The second-order valence-electron chi connectivity index (χ2n) is 6.65. The first-order chi connectivity index (χ1) is 13.4. The fraction of sp³-hybridized carbons (Fsp3) is 0.0435. The van der Waals surface area contributed by atoms with Crippen molar-refractivity contribution in [1.82, 2.24) is 9.97 Å². The van der Waals surface area contributed by atoms with Crippen LogP contribution in [-0.2, 0) is 0 Å². The maximum atomic E-state index is 6.51. The third kappa shape index (κ3) is 2.20. The molecule has 0 bridgehead atoms. The standard InChI is InChI=1S/C23H14N2OS/c1-2-7-16-14(5-1)9-10-18-20(16)21-17(22(26-18)19-8-4-12-27-19)13-15-6-3-11-24-23(15)25-21/h1-13,22H. The number of nitrogens with zero attached hydrogens (tertiary/aromatic N) is 2. The third-order valence-corrected chi connectivity index (χ3v) is 5.99. The molecular weight excluding hydrogens is 352 g/mol. The Labute approximate surface area is 159 Å². The molecule has 0 saturated heterocycles. The zero-order chi connectivity index (χ0) is 17.8. The van der Waals surface area contributed by atoms with Crippen LogP contribution in [0.1, 0.15) is 16.5 Å². The van der Waals surface area contributed by atoms with Gasteiger partial charge in [0.1, 0.15) is 5.75 Å². The van der Waals surface area contributed by atoms with Crippen LogP contribution in [0.5, 0.6) is 5.75 Å². The number of thiophene rings is 1. The van der Waals surface area contributed by atoms with E-state index in [2.05, 4.69) is 71.0 Å². The van der Waals surface area contributed by atoms with Gasteiger partial charge >= 0.3 is 0 Å². The van der Waals surface area contributed by atoms with E-state index in [1.54, 1.807) is 17.5 Å². The predicted molar refractivity (Wildman–Crippen MR) is 109 cm³/mol. The Hall–Kier alpha value is -3.24. The maximum Gasteiger partial charge on any atom is 0.160 e. The molecule has 3 nitrogen and oxygen atoms in total. The molecule has 1 aliphatic heterocycles. The lowest BCUT2D eigenvalue weighted by Gasteiger charge is -2.28. The van der Waals surface area contributed by atoms with Crippen molar-refractivity contribution in [3.63, 3.8) is 0 Å². The highest BCUT2D eigenvalue weighted by molar-refractivity contribution is 7.10. The van der Waals surface area contributed by atoms with Crippen LogP contribution in [0.3, 0.4) is 0 Å². The summed E-state index contributed by atoms with van der Waals surface area (Å²) >= 11 is 1.71. The third-order valence-electron chi connectivity index (χ3n) is 5.08.